The van der Waals surface area contributed by atoms with E-state index in [0.29, 0.717) is 238 Å². The van der Waals surface area contributed by atoms with Crippen LogP contribution < -0.4 is 0 Å². The Hall–Kier alpha value is -2.28. The van der Waals surface area contributed by atoms with Gasteiger partial charge in [0, 0.05) is 13.2 Å². The molecule has 0 heterocycles. The first kappa shape index (κ1) is 61.8. The third-order valence-electron chi connectivity index (χ3n) is 9.00. The number of rotatable bonds is 57. The van der Waals surface area contributed by atoms with Crippen LogP contribution in [0, 0.1) is 0 Å². The molecule has 0 saturated carbocycles. The summed E-state index contributed by atoms with van der Waals surface area (Å²) in [5, 5.41) is 0. The van der Waals surface area contributed by atoms with Gasteiger partial charge >= 0.3 is 0 Å². The maximum Gasteiger partial charge on any atom is 0.0718 e. The minimum absolute atomic E-state index is 0.508. The highest BCUT2D eigenvalue weighted by atomic mass is 16.6. The van der Waals surface area contributed by atoms with Crippen molar-refractivity contribution in [3.8, 4) is 0 Å². The second kappa shape index (κ2) is 54.1. The van der Waals surface area contributed by atoms with Crippen LogP contribution in [0.5, 0.6) is 0 Å². The van der Waals surface area contributed by atoms with Crippen LogP contribution in [0.15, 0.2) is 60.7 Å². The predicted octanol–water partition coefficient (Wildman–Crippen LogP) is 4.47. The van der Waals surface area contributed by atoms with Gasteiger partial charge in [0.2, 0.25) is 0 Å². The van der Waals surface area contributed by atoms with E-state index in [-0.39, 0.29) is 0 Å². The quantitative estimate of drug-likeness (QED) is 0.0852. The lowest BCUT2D eigenvalue weighted by atomic mass is 10.2. The Morgan fingerprint density at radius 2 is 0.309 bits per heavy atom. The van der Waals surface area contributed by atoms with Crippen molar-refractivity contribution >= 4 is 0 Å². The molecule has 0 bridgehead atoms. The fourth-order valence-electron chi connectivity index (χ4n) is 5.46. The zero-order chi connectivity index (χ0) is 47.8. The topological polar surface area (TPSA) is 166 Å². The van der Waals surface area contributed by atoms with Gasteiger partial charge in [-0.2, -0.15) is 0 Å². The van der Waals surface area contributed by atoms with E-state index in [1.807, 2.05) is 60.7 Å². The zero-order valence-corrected chi connectivity index (χ0v) is 41.0. The summed E-state index contributed by atoms with van der Waals surface area (Å²) in [6.45, 7) is 19.3. The number of unbranched alkanes of at least 4 members (excludes halogenated alkanes) is 1. The smallest absolute Gasteiger partial charge is 0.0718 e. The molecule has 2 aromatic carbocycles. The molecule has 68 heavy (non-hydrogen) atoms. The molecule has 0 amide bonds. The summed E-state index contributed by atoms with van der Waals surface area (Å²) >= 11 is 0. The molecule has 0 aliphatic heterocycles. The fraction of sp³-hybridized carbons (Fsp3) is 0.760. The molecule has 0 aliphatic rings. The van der Waals surface area contributed by atoms with E-state index in [1.54, 1.807) is 0 Å². The molecule has 0 unspecified atom stereocenters. The summed E-state index contributed by atoms with van der Waals surface area (Å²) in [7, 11) is 0. The molecule has 394 valence electrons. The second-order valence-electron chi connectivity index (χ2n) is 14.6. The van der Waals surface area contributed by atoms with E-state index in [0.717, 1.165) is 24.0 Å². The van der Waals surface area contributed by atoms with E-state index < -0.39 is 0 Å². The van der Waals surface area contributed by atoms with Gasteiger partial charge in [-0.15, -0.1) is 0 Å². The lowest BCUT2D eigenvalue weighted by molar-refractivity contribution is -0.0260. The van der Waals surface area contributed by atoms with Crippen molar-refractivity contribution in [1.82, 2.24) is 0 Å². The first-order chi connectivity index (χ1) is 33.9. The van der Waals surface area contributed by atoms with Gasteiger partial charge in [-0.25, -0.2) is 0 Å². The van der Waals surface area contributed by atoms with Crippen LogP contribution in [0.1, 0.15) is 24.0 Å². The monoisotopic (exact) mass is 975 g/mol. The van der Waals surface area contributed by atoms with Gasteiger partial charge in [0.15, 0.2) is 0 Å². The van der Waals surface area contributed by atoms with E-state index in [2.05, 4.69) is 0 Å². The lowest BCUT2D eigenvalue weighted by Crippen LogP contribution is -2.15. The highest BCUT2D eigenvalue weighted by Gasteiger charge is 2.00. The summed E-state index contributed by atoms with van der Waals surface area (Å²) in [6.07, 6.45) is 1.86. The summed E-state index contributed by atoms with van der Waals surface area (Å²) in [4.78, 5) is 0. The standard InChI is InChI=1S/C50H86O18/c1-3-9-49(10-4-1)47-67-45-43-65-41-39-63-37-35-61-33-31-59-29-27-57-25-23-55-21-19-53-17-15-51-13-7-8-14-52-16-18-54-20-22-56-24-26-58-28-30-60-32-34-62-36-38-64-40-42-66-44-46-68-48-50-11-5-2-6-12-50/h1-6,9-12H,7-8,13-48H2. The van der Waals surface area contributed by atoms with Crippen molar-refractivity contribution in [2.24, 2.45) is 0 Å². The molecule has 0 N–H and O–H groups in total. The van der Waals surface area contributed by atoms with Crippen LogP contribution in [-0.2, 0) is 98.5 Å². The van der Waals surface area contributed by atoms with Gasteiger partial charge < -0.3 is 85.3 Å². The van der Waals surface area contributed by atoms with Crippen molar-refractivity contribution in [2.45, 2.75) is 26.1 Å². The number of hydrogen-bond acceptors (Lipinski definition) is 18. The average Bonchev–Trinajstić information content (AvgIpc) is 3.37. The Bertz CT molecular complexity index is 1130. The molecular weight excluding hydrogens is 889 g/mol. The molecule has 18 heteroatoms. The SMILES string of the molecule is c1ccc(COCCOCCOCCOCCOCCOCCOCCOCCOCCCCOCCOCCOCCOCCOCCOCCOCCOCCOCc2ccccc2)cc1. The molecule has 0 saturated heterocycles. The van der Waals surface area contributed by atoms with Crippen molar-refractivity contribution in [1.29, 1.82) is 0 Å². The Morgan fingerprint density at radius 3 is 0.485 bits per heavy atom. The van der Waals surface area contributed by atoms with E-state index in [1.165, 1.54) is 0 Å². The Kier molecular flexibility index (Phi) is 49.2. The molecule has 2 aromatic rings. The normalized spacial score (nSPS) is 11.6. The van der Waals surface area contributed by atoms with Crippen LogP contribution >= 0.6 is 0 Å². The third kappa shape index (κ3) is 47.4. The summed E-state index contributed by atoms with van der Waals surface area (Å²) < 4.78 is 99.7. The molecule has 0 fully saturated rings. The van der Waals surface area contributed by atoms with E-state index in [4.69, 9.17) is 85.3 Å². The lowest BCUT2D eigenvalue weighted by Gasteiger charge is -2.09. The number of benzene rings is 2. The summed E-state index contributed by atoms with van der Waals surface area (Å²) in [5.41, 5.74) is 2.31. The molecule has 0 radical (unpaired) electrons. The van der Waals surface area contributed by atoms with Crippen molar-refractivity contribution < 1.29 is 85.3 Å². The predicted molar refractivity (Wildman–Crippen MR) is 255 cm³/mol. The van der Waals surface area contributed by atoms with E-state index in [9.17, 15) is 0 Å². The van der Waals surface area contributed by atoms with Crippen LogP contribution in [0.2, 0.25) is 0 Å². The van der Waals surface area contributed by atoms with Gasteiger partial charge in [0.1, 0.15) is 0 Å². The van der Waals surface area contributed by atoms with E-state index >= 15 is 0 Å². The largest absolute Gasteiger partial charge is 0.379 e. The molecule has 0 atom stereocenters. The average molecular weight is 975 g/mol. The minimum Gasteiger partial charge on any atom is -0.379 e. The maximum absolute atomic E-state index is 5.62. The van der Waals surface area contributed by atoms with Crippen molar-refractivity contribution in [2.75, 3.05) is 225 Å². The van der Waals surface area contributed by atoms with Crippen molar-refractivity contribution in [3.63, 3.8) is 0 Å². The van der Waals surface area contributed by atoms with Crippen LogP contribution in [-0.4, -0.2) is 225 Å². The Labute approximate surface area is 406 Å². The molecule has 18 nitrogen and oxygen atoms in total. The minimum atomic E-state index is 0.508. The number of ether oxygens (including phenoxy) is 18. The molecule has 0 aromatic heterocycles. The molecule has 2 rings (SSSR count). The Morgan fingerprint density at radius 1 is 0.162 bits per heavy atom. The first-order valence-corrected chi connectivity index (χ1v) is 24.4. The van der Waals surface area contributed by atoms with Gasteiger partial charge in [0.05, 0.1) is 225 Å². The van der Waals surface area contributed by atoms with Crippen molar-refractivity contribution in [3.05, 3.63) is 71.8 Å². The Balaban J connectivity index is 1.09. The summed E-state index contributed by atoms with van der Waals surface area (Å²) in [5.74, 6) is 0. The van der Waals surface area contributed by atoms with Crippen LogP contribution in [0.3, 0.4) is 0 Å². The molecule has 0 aliphatic carbocycles. The maximum atomic E-state index is 5.62. The van der Waals surface area contributed by atoms with Crippen LogP contribution in [0.25, 0.3) is 0 Å². The van der Waals surface area contributed by atoms with Crippen LogP contribution in [0.4, 0.5) is 0 Å². The zero-order valence-electron chi connectivity index (χ0n) is 41.0. The van der Waals surface area contributed by atoms with Gasteiger partial charge in [0.25, 0.3) is 0 Å². The summed E-state index contributed by atoms with van der Waals surface area (Å²) in [6, 6.07) is 20.2. The second-order valence-corrected chi connectivity index (χ2v) is 14.6. The van der Waals surface area contributed by atoms with Gasteiger partial charge in [-0.3, -0.25) is 0 Å². The molecule has 0 spiro atoms. The highest BCUT2D eigenvalue weighted by molar-refractivity contribution is 5.14. The molecular formula is C50H86O18. The van der Waals surface area contributed by atoms with Gasteiger partial charge in [-0.1, -0.05) is 60.7 Å². The van der Waals surface area contributed by atoms with Gasteiger partial charge in [-0.05, 0) is 24.0 Å². The highest BCUT2D eigenvalue weighted by Crippen LogP contribution is 2.01. The fourth-order valence-corrected chi connectivity index (χ4v) is 5.46. The first-order valence-electron chi connectivity index (χ1n) is 24.4. The number of hydrogen-bond donors (Lipinski definition) is 0. The third-order valence-corrected chi connectivity index (χ3v) is 9.00.